The van der Waals surface area contributed by atoms with Crippen LogP contribution in [0.15, 0.2) is 0 Å². The topological polar surface area (TPSA) is 94.8 Å². The molecule has 0 radical (unpaired) electrons. The molecule has 0 fully saturated rings. The summed E-state index contributed by atoms with van der Waals surface area (Å²) in [7, 11) is 0. The zero-order valence-corrected chi connectivity index (χ0v) is 5.86. The van der Waals surface area contributed by atoms with Gasteiger partial charge in [0.15, 0.2) is 0 Å². The van der Waals surface area contributed by atoms with Crippen LogP contribution in [0.3, 0.4) is 0 Å². The second-order valence-electron chi connectivity index (χ2n) is 2.18. The second-order valence-corrected chi connectivity index (χ2v) is 2.18. The van der Waals surface area contributed by atoms with Crippen LogP contribution in [0.25, 0.3) is 0 Å². The number of aliphatic hydroxyl groups is 2. The lowest BCUT2D eigenvalue weighted by Crippen LogP contribution is -2.37. The molecule has 0 aliphatic carbocycles. The molecule has 0 aromatic carbocycles. The summed E-state index contributed by atoms with van der Waals surface area (Å²) < 4.78 is 0. The van der Waals surface area contributed by atoms with Crippen LogP contribution < -0.4 is 0 Å². The summed E-state index contributed by atoms with van der Waals surface area (Å²) in [5, 5.41) is 25.5. The monoisotopic (exact) mass is 162 g/mol. The molecule has 64 valence electrons. The molecule has 3 N–H and O–H groups in total. The Kier molecular flexibility index (Phi) is 3.70. The molecule has 0 saturated carbocycles. The molecule has 0 atom stereocenters. The van der Waals surface area contributed by atoms with Crippen LogP contribution in [0.4, 0.5) is 0 Å². The first-order chi connectivity index (χ1) is 5.00. The molecule has 0 bridgehead atoms. The minimum atomic E-state index is -2.69. The third-order valence-electron chi connectivity index (χ3n) is 1.19. The molecule has 0 rings (SSSR count). The van der Waals surface area contributed by atoms with Crippen LogP contribution in [0.5, 0.6) is 0 Å². The second kappa shape index (κ2) is 4.05. The van der Waals surface area contributed by atoms with Crippen LogP contribution in [0.2, 0.25) is 0 Å². The molecular weight excluding hydrogens is 152 g/mol. The number of carboxylic acid groups (broad SMARTS) is 1. The van der Waals surface area contributed by atoms with Gasteiger partial charge in [0, 0.05) is 12.8 Å². The molecule has 0 aliphatic rings. The van der Waals surface area contributed by atoms with Crippen molar-refractivity contribution in [3.8, 4) is 0 Å². The van der Waals surface area contributed by atoms with E-state index in [-0.39, 0.29) is 19.3 Å². The van der Waals surface area contributed by atoms with Gasteiger partial charge in [0.05, 0.1) is 0 Å². The molecule has 5 nitrogen and oxygen atoms in total. The van der Waals surface area contributed by atoms with Crippen molar-refractivity contribution in [2.75, 3.05) is 0 Å². The molecule has 0 saturated heterocycles. The molecule has 0 amide bonds. The Bertz CT molecular complexity index is 151. The normalized spacial score (nSPS) is 11.1. The Morgan fingerprint density at radius 2 is 2.00 bits per heavy atom. The maximum absolute atomic E-state index is 10.0. The van der Waals surface area contributed by atoms with Crippen molar-refractivity contribution < 1.29 is 24.9 Å². The average Bonchev–Trinajstić information content (AvgIpc) is 1.88. The van der Waals surface area contributed by atoms with Gasteiger partial charge in [-0.3, -0.25) is 0 Å². The molecule has 0 unspecified atom stereocenters. The zero-order valence-electron chi connectivity index (χ0n) is 5.86. The lowest BCUT2D eigenvalue weighted by Gasteiger charge is -2.14. The number of hydrogen-bond donors (Lipinski definition) is 3. The highest BCUT2D eigenvalue weighted by molar-refractivity contribution is 5.74. The Hall–Kier alpha value is -0.940. The Morgan fingerprint density at radius 3 is 2.36 bits per heavy atom. The highest BCUT2D eigenvalue weighted by Crippen LogP contribution is 2.09. The van der Waals surface area contributed by atoms with Gasteiger partial charge >= 0.3 is 5.97 Å². The average molecular weight is 162 g/mol. The molecule has 11 heavy (non-hydrogen) atoms. The summed E-state index contributed by atoms with van der Waals surface area (Å²) in [6, 6.07) is 0. The first-order valence-corrected chi connectivity index (χ1v) is 3.12. The fourth-order valence-electron chi connectivity index (χ4n) is 0.539. The lowest BCUT2D eigenvalue weighted by atomic mass is 10.1. The number of aliphatic carboxylic acids is 1. The van der Waals surface area contributed by atoms with Crippen molar-refractivity contribution >= 4 is 12.3 Å². The number of carboxylic acids is 1. The van der Waals surface area contributed by atoms with Crippen LogP contribution in [-0.2, 0) is 9.59 Å². The molecular formula is C6H10O5. The van der Waals surface area contributed by atoms with Crippen LogP contribution >= 0.6 is 0 Å². The molecule has 0 aliphatic heterocycles. The van der Waals surface area contributed by atoms with Crippen molar-refractivity contribution in [2.24, 2.45) is 0 Å². The highest BCUT2D eigenvalue weighted by atomic mass is 16.5. The van der Waals surface area contributed by atoms with Gasteiger partial charge in [0.1, 0.15) is 6.29 Å². The number of unbranched alkanes of at least 4 members (excludes halogenated alkanes) is 1. The summed E-state index contributed by atoms with van der Waals surface area (Å²) >= 11 is 0. The third kappa shape index (κ3) is 3.69. The summed E-state index contributed by atoms with van der Waals surface area (Å²) in [6.07, 6.45) is 0.554. The number of hydrogen-bond acceptors (Lipinski definition) is 4. The predicted molar refractivity (Wildman–Crippen MR) is 34.7 cm³/mol. The SMILES string of the molecule is O=CCCCC(O)(O)C(=O)O. The summed E-state index contributed by atoms with van der Waals surface area (Å²) in [4.78, 5) is 19.8. The van der Waals surface area contributed by atoms with Gasteiger partial charge in [0.25, 0.3) is 5.79 Å². The fraction of sp³-hybridized carbons (Fsp3) is 0.667. The molecule has 0 spiro atoms. The quantitative estimate of drug-likeness (QED) is 0.277. The summed E-state index contributed by atoms with van der Waals surface area (Å²) in [5.41, 5.74) is 0. The number of rotatable bonds is 5. The van der Waals surface area contributed by atoms with E-state index in [0.29, 0.717) is 6.29 Å². The molecule has 0 aromatic heterocycles. The molecule has 5 heteroatoms. The largest absolute Gasteiger partial charge is 0.477 e. The van der Waals surface area contributed by atoms with E-state index < -0.39 is 11.8 Å². The van der Waals surface area contributed by atoms with E-state index in [1.165, 1.54) is 0 Å². The summed E-state index contributed by atoms with van der Waals surface area (Å²) in [6.45, 7) is 0. The van der Waals surface area contributed by atoms with Crippen molar-refractivity contribution in [3.05, 3.63) is 0 Å². The number of aldehydes is 1. The van der Waals surface area contributed by atoms with E-state index >= 15 is 0 Å². The Balaban J connectivity index is 3.72. The Morgan fingerprint density at radius 1 is 1.45 bits per heavy atom. The van der Waals surface area contributed by atoms with Crippen LogP contribution in [0, 0.1) is 0 Å². The lowest BCUT2D eigenvalue weighted by molar-refractivity contribution is -0.205. The maximum Gasteiger partial charge on any atom is 0.364 e. The molecule has 0 aromatic rings. The van der Waals surface area contributed by atoms with Gasteiger partial charge in [-0.1, -0.05) is 0 Å². The van der Waals surface area contributed by atoms with Crippen molar-refractivity contribution in [3.63, 3.8) is 0 Å². The first-order valence-electron chi connectivity index (χ1n) is 3.12. The zero-order chi connectivity index (χ0) is 8.91. The minimum absolute atomic E-state index is 0.135. The van der Waals surface area contributed by atoms with Crippen molar-refractivity contribution in [1.82, 2.24) is 0 Å². The van der Waals surface area contributed by atoms with E-state index in [2.05, 4.69) is 0 Å². The standard InChI is InChI=1S/C6H10O5/c7-4-2-1-3-6(10,11)5(8)9/h4,10-11H,1-3H2,(H,8,9). The maximum atomic E-state index is 10.0. The smallest absolute Gasteiger partial charge is 0.364 e. The van der Waals surface area contributed by atoms with Crippen LogP contribution in [0.1, 0.15) is 19.3 Å². The first kappa shape index (κ1) is 10.1. The number of carbonyl (C=O) groups excluding carboxylic acids is 1. The van der Waals surface area contributed by atoms with Gasteiger partial charge < -0.3 is 20.1 Å². The molecule has 0 heterocycles. The van der Waals surface area contributed by atoms with Gasteiger partial charge in [-0.15, -0.1) is 0 Å². The summed E-state index contributed by atoms with van der Waals surface area (Å²) in [5.74, 6) is -4.38. The van der Waals surface area contributed by atoms with Crippen molar-refractivity contribution in [1.29, 1.82) is 0 Å². The van der Waals surface area contributed by atoms with Gasteiger partial charge in [-0.05, 0) is 6.42 Å². The van der Waals surface area contributed by atoms with Gasteiger partial charge in [-0.2, -0.15) is 0 Å². The van der Waals surface area contributed by atoms with Crippen LogP contribution in [-0.4, -0.2) is 33.4 Å². The van der Waals surface area contributed by atoms with E-state index in [0.717, 1.165) is 0 Å². The third-order valence-corrected chi connectivity index (χ3v) is 1.19. The van der Waals surface area contributed by atoms with Gasteiger partial charge in [0.2, 0.25) is 0 Å². The van der Waals surface area contributed by atoms with E-state index in [1.54, 1.807) is 0 Å². The van der Waals surface area contributed by atoms with E-state index in [4.69, 9.17) is 15.3 Å². The minimum Gasteiger partial charge on any atom is -0.477 e. The van der Waals surface area contributed by atoms with E-state index in [1.807, 2.05) is 0 Å². The fourth-order valence-corrected chi connectivity index (χ4v) is 0.539. The highest BCUT2D eigenvalue weighted by Gasteiger charge is 2.31. The van der Waals surface area contributed by atoms with Gasteiger partial charge in [-0.25, -0.2) is 4.79 Å². The Labute approximate surface area is 63.3 Å². The van der Waals surface area contributed by atoms with E-state index in [9.17, 15) is 9.59 Å². The van der Waals surface area contributed by atoms with Crippen molar-refractivity contribution in [2.45, 2.75) is 25.0 Å². The number of carbonyl (C=O) groups is 2. The predicted octanol–water partition coefficient (Wildman–Crippen LogP) is -0.879.